The second-order valence-corrected chi connectivity index (χ2v) is 8.01. The third kappa shape index (κ3) is 8.05. The molecule has 2 aromatic heterocycles. The molecule has 0 saturated carbocycles. The van der Waals surface area contributed by atoms with Gasteiger partial charge in [-0.25, -0.2) is 19.9 Å². The number of nitrogens with zero attached hydrogens (tertiary/aromatic N) is 6. The molecule has 2 aromatic carbocycles. The second-order valence-electron chi connectivity index (χ2n) is 8.01. The Balaban J connectivity index is 0.000000211. The summed E-state index contributed by atoms with van der Waals surface area (Å²) >= 11 is 0. The Labute approximate surface area is 220 Å². The van der Waals surface area contributed by atoms with Gasteiger partial charge in [0.2, 0.25) is 23.7 Å². The highest BCUT2D eigenvalue weighted by Gasteiger charge is 2.19. The van der Waals surface area contributed by atoms with Crippen molar-refractivity contribution >= 4 is 35.1 Å². The van der Waals surface area contributed by atoms with E-state index in [9.17, 15) is 9.59 Å². The zero-order valence-electron chi connectivity index (χ0n) is 20.6. The molecular weight excluding hydrogens is 484 g/mol. The van der Waals surface area contributed by atoms with Crippen LogP contribution in [0.25, 0.3) is 0 Å². The molecule has 4 rings (SSSR count). The standard InChI is InChI=1S/2C13H15N5O/c2*14-11(12(15)19)9-18(10-5-2-1-3-6-10)13-16-7-4-8-17-13/h2*1-8,11H,9,14H2,(H2,15,19)/t2*11-/m10/s1. The van der Waals surface area contributed by atoms with Crippen LogP contribution in [0.4, 0.5) is 23.3 Å². The SMILES string of the molecule is NC(=O)[C@@H](N)CN(c1ccccc1)c1ncccn1.NC(=O)[C@H](N)CN(c1ccccc1)c1ncccn1. The Morgan fingerprint density at radius 2 is 0.895 bits per heavy atom. The normalized spacial score (nSPS) is 11.8. The topological polar surface area (TPSA) is 196 Å². The van der Waals surface area contributed by atoms with Gasteiger partial charge in [0.1, 0.15) is 12.1 Å². The Hall–Kier alpha value is -4.94. The lowest BCUT2D eigenvalue weighted by Crippen LogP contribution is -2.45. The molecule has 2 amide bonds. The molecule has 0 bridgehead atoms. The Bertz CT molecular complexity index is 1080. The van der Waals surface area contributed by atoms with E-state index in [4.69, 9.17) is 22.9 Å². The average Bonchev–Trinajstić information content (AvgIpc) is 2.96. The predicted molar refractivity (Wildman–Crippen MR) is 145 cm³/mol. The molecule has 4 aromatic rings. The van der Waals surface area contributed by atoms with E-state index in [1.54, 1.807) is 46.7 Å². The van der Waals surface area contributed by atoms with Crippen LogP contribution in [0.15, 0.2) is 97.6 Å². The van der Waals surface area contributed by atoms with Crippen LogP contribution in [-0.4, -0.2) is 56.9 Å². The summed E-state index contributed by atoms with van der Waals surface area (Å²) in [5, 5.41) is 0. The lowest BCUT2D eigenvalue weighted by molar-refractivity contribution is -0.119. The minimum Gasteiger partial charge on any atom is -0.368 e. The Kier molecular flexibility index (Phi) is 10.2. The number of carbonyl (C=O) groups excluding carboxylic acids is 2. The van der Waals surface area contributed by atoms with Crippen molar-refractivity contribution in [1.29, 1.82) is 0 Å². The minimum absolute atomic E-state index is 0.226. The monoisotopic (exact) mass is 514 g/mol. The molecule has 8 N–H and O–H groups in total. The number of anilines is 4. The van der Waals surface area contributed by atoms with E-state index in [0.29, 0.717) is 11.9 Å². The number of amides is 2. The van der Waals surface area contributed by atoms with E-state index in [-0.39, 0.29) is 13.1 Å². The van der Waals surface area contributed by atoms with Gasteiger partial charge in [-0.2, -0.15) is 0 Å². The lowest BCUT2D eigenvalue weighted by Gasteiger charge is -2.24. The summed E-state index contributed by atoms with van der Waals surface area (Å²) in [6.45, 7) is 0.451. The zero-order chi connectivity index (χ0) is 27.3. The Morgan fingerprint density at radius 3 is 1.18 bits per heavy atom. The largest absolute Gasteiger partial charge is 0.368 e. The van der Waals surface area contributed by atoms with Crippen molar-refractivity contribution in [2.45, 2.75) is 12.1 Å². The highest BCUT2D eigenvalue weighted by atomic mass is 16.1. The van der Waals surface area contributed by atoms with Crippen molar-refractivity contribution < 1.29 is 9.59 Å². The van der Waals surface area contributed by atoms with E-state index in [0.717, 1.165) is 11.4 Å². The predicted octanol–water partition coefficient (Wildman–Crippen LogP) is 0.855. The molecule has 12 heteroatoms. The molecule has 0 saturated heterocycles. The molecule has 0 aliphatic heterocycles. The molecule has 0 spiro atoms. The summed E-state index contributed by atoms with van der Waals surface area (Å²) in [4.78, 5) is 42.5. The van der Waals surface area contributed by atoms with Gasteiger partial charge < -0.3 is 32.7 Å². The molecule has 0 aliphatic carbocycles. The first kappa shape index (κ1) is 27.6. The Morgan fingerprint density at radius 1 is 0.579 bits per heavy atom. The number of hydrogen-bond donors (Lipinski definition) is 4. The van der Waals surface area contributed by atoms with Gasteiger partial charge in [0.05, 0.1) is 13.1 Å². The van der Waals surface area contributed by atoms with Crippen molar-refractivity contribution in [3.8, 4) is 0 Å². The third-order valence-electron chi connectivity index (χ3n) is 5.21. The highest BCUT2D eigenvalue weighted by molar-refractivity contribution is 5.81. The van der Waals surface area contributed by atoms with Gasteiger partial charge in [-0.3, -0.25) is 9.59 Å². The average molecular weight is 515 g/mol. The smallest absolute Gasteiger partial charge is 0.236 e. The van der Waals surface area contributed by atoms with Gasteiger partial charge in [0.25, 0.3) is 0 Å². The minimum atomic E-state index is -0.788. The van der Waals surface area contributed by atoms with E-state index in [1.165, 1.54) is 0 Å². The number of aromatic nitrogens is 4. The summed E-state index contributed by atoms with van der Waals surface area (Å²) in [5.74, 6) is -0.162. The molecule has 12 nitrogen and oxygen atoms in total. The van der Waals surface area contributed by atoms with Gasteiger partial charge in [0.15, 0.2) is 0 Å². The zero-order valence-corrected chi connectivity index (χ0v) is 20.6. The number of para-hydroxylation sites is 2. The summed E-state index contributed by atoms with van der Waals surface area (Å²) in [7, 11) is 0. The van der Waals surface area contributed by atoms with Crippen LogP contribution in [0.5, 0.6) is 0 Å². The first-order valence-corrected chi connectivity index (χ1v) is 11.7. The van der Waals surface area contributed by atoms with Gasteiger partial charge in [0, 0.05) is 36.2 Å². The number of hydrogen-bond acceptors (Lipinski definition) is 10. The maximum absolute atomic E-state index is 11.1. The van der Waals surface area contributed by atoms with Crippen LogP contribution in [-0.2, 0) is 9.59 Å². The van der Waals surface area contributed by atoms with Crippen LogP contribution in [0.3, 0.4) is 0 Å². The first-order valence-electron chi connectivity index (χ1n) is 11.7. The van der Waals surface area contributed by atoms with E-state index in [1.807, 2.05) is 60.7 Å². The quantitative estimate of drug-likeness (QED) is 0.235. The maximum atomic E-state index is 11.1. The van der Waals surface area contributed by atoms with Crippen molar-refractivity contribution in [1.82, 2.24) is 19.9 Å². The number of rotatable bonds is 10. The number of benzene rings is 2. The van der Waals surface area contributed by atoms with E-state index >= 15 is 0 Å². The van der Waals surface area contributed by atoms with Crippen molar-refractivity contribution in [3.05, 3.63) is 97.6 Å². The second kappa shape index (κ2) is 14.0. The third-order valence-corrected chi connectivity index (χ3v) is 5.21. The fourth-order valence-corrected chi connectivity index (χ4v) is 3.26. The molecule has 38 heavy (non-hydrogen) atoms. The van der Waals surface area contributed by atoms with Gasteiger partial charge in [-0.05, 0) is 36.4 Å². The molecular formula is C26H30N10O2. The summed E-state index contributed by atoms with van der Waals surface area (Å²) in [5.41, 5.74) is 23.6. The number of nitrogens with two attached hydrogens (primary N) is 4. The van der Waals surface area contributed by atoms with Crippen LogP contribution >= 0.6 is 0 Å². The molecule has 0 unspecified atom stereocenters. The van der Waals surface area contributed by atoms with E-state index < -0.39 is 23.9 Å². The van der Waals surface area contributed by atoms with Gasteiger partial charge >= 0.3 is 0 Å². The fraction of sp³-hybridized carbons (Fsp3) is 0.154. The van der Waals surface area contributed by atoms with Crippen LogP contribution in [0.2, 0.25) is 0 Å². The summed E-state index contributed by atoms with van der Waals surface area (Å²) in [6, 6.07) is 20.8. The molecule has 2 atom stereocenters. The van der Waals surface area contributed by atoms with Crippen molar-refractivity contribution in [2.75, 3.05) is 22.9 Å². The molecule has 0 fully saturated rings. The van der Waals surface area contributed by atoms with Gasteiger partial charge in [-0.15, -0.1) is 0 Å². The first-order chi connectivity index (χ1) is 18.4. The van der Waals surface area contributed by atoms with Crippen LogP contribution < -0.4 is 32.7 Å². The summed E-state index contributed by atoms with van der Waals surface area (Å²) in [6.07, 6.45) is 6.53. The lowest BCUT2D eigenvalue weighted by atomic mass is 10.2. The van der Waals surface area contributed by atoms with E-state index in [2.05, 4.69) is 19.9 Å². The van der Waals surface area contributed by atoms with Crippen LogP contribution in [0.1, 0.15) is 0 Å². The molecule has 0 aliphatic rings. The molecule has 2 heterocycles. The number of carbonyl (C=O) groups is 2. The number of primary amides is 2. The summed E-state index contributed by atoms with van der Waals surface area (Å²) < 4.78 is 0. The molecule has 0 radical (unpaired) electrons. The highest BCUT2D eigenvalue weighted by Crippen LogP contribution is 2.22. The molecule has 196 valence electrons. The fourth-order valence-electron chi connectivity index (χ4n) is 3.26. The maximum Gasteiger partial charge on any atom is 0.236 e. The van der Waals surface area contributed by atoms with Crippen molar-refractivity contribution in [3.63, 3.8) is 0 Å². The van der Waals surface area contributed by atoms with Gasteiger partial charge in [-0.1, -0.05) is 36.4 Å². The van der Waals surface area contributed by atoms with Crippen molar-refractivity contribution in [2.24, 2.45) is 22.9 Å². The van der Waals surface area contributed by atoms with Crippen LogP contribution in [0, 0.1) is 0 Å².